The Labute approximate surface area is 180 Å². The Morgan fingerprint density at radius 1 is 1.13 bits per heavy atom. The molecule has 7 nitrogen and oxygen atoms in total. The summed E-state index contributed by atoms with van der Waals surface area (Å²) < 4.78 is 35.1. The number of nitrogens with zero attached hydrogens (tertiary/aromatic N) is 1. The van der Waals surface area contributed by atoms with Crippen molar-refractivity contribution in [3.63, 3.8) is 0 Å². The number of anilines is 1. The summed E-state index contributed by atoms with van der Waals surface area (Å²) in [5, 5.41) is 9.08. The summed E-state index contributed by atoms with van der Waals surface area (Å²) in [6.07, 6.45) is 0.740. The van der Waals surface area contributed by atoms with Crippen molar-refractivity contribution in [2.45, 2.75) is 33.4 Å². The Kier molecular flexibility index (Phi) is 9.54. The van der Waals surface area contributed by atoms with E-state index in [1.807, 2.05) is 31.2 Å². The van der Waals surface area contributed by atoms with Crippen molar-refractivity contribution < 1.29 is 23.0 Å². The molecule has 2 rings (SSSR count). The molecule has 0 heterocycles. The monoisotopic (exact) mass is 434 g/mol. The number of hydrogen-bond donors (Lipinski definition) is 3. The Balaban J connectivity index is 1.99. The van der Waals surface area contributed by atoms with Gasteiger partial charge in [0.25, 0.3) is 0 Å². The zero-order valence-electron chi connectivity index (χ0n) is 17.9. The number of methoxy groups -OCH3 is 1. The number of aliphatic imine (C=N–C) groups is 1. The smallest absolute Gasteiger partial charge is 0.387 e. The second-order valence-electron chi connectivity index (χ2n) is 6.60. The van der Waals surface area contributed by atoms with Crippen molar-refractivity contribution in [3.05, 3.63) is 53.6 Å². The maximum absolute atomic E-state index is 12.7. The van der Waals surface area contributed by atoms with Crippen molar-refractivity contribution in [2.75, 3.05) is 25.5 Å². The van der Waals surface area contributed by atoms with E-state index in [0.717, 1.165) is 17.7 Å². The van der Waals surface area contributed by atoms with Crippen LogP contribution in [0.15, 0.2) is 47.5 Å². The van der Waals surface area contributed by atoms with Crippen LogP contribution in [0.1, 0.15) is 25.0 Å². The molecule has 0 aliphatic carbocycles. The summed E-state index contributed by atoms with van der Waals surface area (Å²) in [5.41, 5.74) is 2.34. The van der Waals surface area contributed by atoms with Crippen molar-refractivity contribution >= 4 is 17.6 Å². The number of ether oxygens (including phenoxy) is 2. The zero-order valence-corrected chi connectivity index (χ0v) is 17.9. The molecular formula is C22H28F2N4O3. The fourth-order valence-corrected chi connectivity index (χ4v) is 2.81. The molecule has 168 valence electrons. The van der Waals surface area contributed by atoms with Gasteiger partial charge in [-0.25, -0.2) is 4.99 Å². The molecule has 0 unspecified atom stereocenters. The lowest BCUT2D eigenvalue weighted by molar-refractivity contribution is -0.114. The van der Waals surface area contributed by atoms with Gasteiger partial charge in [0, 0.05) is 31.3 Å². The molecule has 2 aromatic rings. The van der Waals surface area contributed by atoms with Gasteiger partial charge >= 0.3 is 6.61 Å². The minimum absolute atomic E-state index is 0.0645. The van der Waals surface area contributed by atoms with E-state index in [4.69, 9.17) is 4.74 Å². The molecule has 0 aromatic heterocycles. The van der Waals surface area contributed by atoms with Gasteiger partial charge in [0.2, 0.25) is 5.91 Å². The van der Waals surface area contributed by atoms with Gasteiger partial charge < -0.3 is 25.4 Å². The van der Waals surface area contributed by atoms with Crippen molar-refractivity contribution in [1.29, 1.82) is 0 Å². The molecule has 9 heteroatoms. The molecule has 0 radical (unpaired) electrons. The first-order chi connectivity index (χ1) is 14.9. The molecule has 3 N–H and O–H groups in total. The van der Waals surface area contributed by atoms with Crippen LogP contribution in [0, 0.1) is 0 Å². The number of hydrogen-bond acceptors (Lipinski definition) is 4. The number of alkyl halides is 2. The summed E-state index contributed by atoms with van der Waals surface area (Å²) in [5.74, 6) is 1.05. The first kappa shape index (κ1) is 23.9. The number of nitrogens with one attached hydrogen (secondary N) is 3. The topological polar surface area (TPSA) is 84.0 Å². The summed E-state index contributed by atoms with van der Waals surface area (Å²) in [7, 11) is 1.50. The molecule has 0 aliphatic heterocycles. The molecule has 0 spiro atoms. The Morgan fingerprint density at radius 3 is 2.48 bits per heavy atom. The lowest BCUT2D eigenvalue weighted by Gasteiger charge is -2.14. The largest absolute Gasteiger partial charge is 0.497 e. The third-order valence-corrected chi connectivity index (χ3v) is 4.22. The summed E-state index contributed by atoms with van der Waals surface area (Å²) in [6.45, 7) is 1.89. The molecule has 0 bridgehead atoms. The SMILES string of the molecule is CCNC(=NCc1cc(OC)ccc1OC(F)F)NCCc1ccc(NC(C)=O)cc1. The molecule has 2 aromatic carbocycles. The van der Waals surface area contributed by atoms with E-state index in [1.54, 1.807) is 12.1 Å². The summed E-state index contributed by atoms with van der Waals surface area (Å²) >= 11 is 0. The maximum Gasteiger partial charge on any atom is 0.387 e. The average molecular weight is 434 g/mol. The second kappa shape index (κ2) is 12.4. The highest BCUT2D eigenvalue weighted by atomic mass is 19.3. The minimum atomic E-state index is -2.92. The van der Waals surface area contributed by atoms with E-state index < -0.39 is 6.61 Å². The Morgan fingerprint density at radius 2 is 1.87 bits per heavy atom. The molecule has 31 heavy (non-hydrogen) atoms. The average Bonchev–Trinajstić information content (AvgIpc) is 2.73. The van der Waals surface area contributed by atoms with E-state index in [1.165, 1.54) is 20.1 Å². The van der Waals surface area contributed by atoms with Crippen LogP contribution in [-0.2, 0) is 17.8 Å². The van der Waals surface area contributed by atoms with Crippen LogP contribution in [0.3, 0.4) is 0 Å². The van der Waals surface area contributed by atoms with E-state index in [0.29, 0.717) is 30.4 Å². The molecule has 0 saturated heterocycles. The van der Waals surface area contributed by atoms with Gasteiger partial charge in [-0.3, -0.25) is 4.79 Å². The van der Waals surface area contributed by atoms with Crippen LogP contribution in [0.4, 0.5) is 14.5 Å². The first-order valence-electron chi connectivity index (χ1n) is 9.91. The third kappa shape index (κ3) is 8.49. The number of halogens is 2. The van der Waals surface area contributed by atoms with Gasteiger partial charge in [0.15, 0.2) is 5.96 Å². The van der Waals surface area contributed by atoms with Crippen LogP contribution in [-0.4, -0.2) is 38.7 Å². The Bertz CT molecular complexity index is 874. The lowest BCUT2D eigenvalue weighted by Crippen LogP contribution is -2.38. The predicted octanol–water partition coefficient (Wildman–Crippen LogP) is 3.55. The highest BCUT2D eigenvalue weighted by Crippen LogP contribution is 2.26. The fourth-order valence-electron chi connectivity index (χ4n) is 2.81. The van der Waals surface area contributed by atoms with Gasteiger partial charge in [-0.2, -0.15) is 8.78 Å². The fraction of sp³-hybridized carbons (Fsp3) is 0.364. The zero-order chi connectivity index (χ0) is 22.6. The predicted molar refractivity (Wildman–Crippen MR) is 117 cm³/mol. The van der Waals surface area contributed by atoms with E-state index in [-0.39, 0.29) is 18.2 Å². The van der Waals surface area contributed by atoms with Crippen LogP contribution < -0.4 is 25.4 Å². The standard InChI is InChI=1S/C22H28F2N4O3/c1-4-25-22(26-12-11-16-5-7-18(8-6-16)28-15(2)29)27-14-17-13-19(30-3)9-10-20(17)31-21(23)24/h5-10,13,21H,4,11-12,14H2,1-3H3,(H,28,29)(H2,25,26,27). The quantitative estimate of drug-likeness (QED) is 0.393. The van der Waals surface area contributed by atoms with E-state index in [9.17, 15) is 13.6 Å². The van der Waals surface area contributed by atoms with Gasteiger partial charge in [0.05, 0.1) is 13.7 Å². The van der Waals surface area contributed by atoms with Gasteiger partial charge in [-0.1, -0.05) is 12.1 Å². The number of carbonyl (C=O) groups is 1. The van der Waals surface area contributed by atoms with Crippen LogP contribution in [0.25, 0.3) is 0 Å². The molecule has 1 amide bonds. The number of guanidine groups is 1. The summed E-state index contributed by atoms with van der Waals surface area (Å²) in [4.78, 5) is 15.6. The highest BCUT2D eigenvalue weighted by molar-refractivity contribution is 5.88. The second-order valence-corrected chi connectivity index (χ2v) is 6.60. The number of benzene rings is 2. The van der Waals surface area contributed by atoms with Gasteiger partial charge in [0.1, 0.15) is 11.5 Å². The van der Waals surface area contributed by atoms with E-state index in [2.05, 4.69) is 25.7 Å². The number of carbonyl (C=O) groups excluding carboxylic acids is 1. The Hall–Kier alpha value is -3.36. The molecule has 0 fully saturated rings. The van der Waals surface area contributed by atoms with Gasteiger partial charge in [-0.15, -0.1) is 0 Å². The highest BCUT2D eigenvalue weighted by Gasteiger charge is 2.11. The van der Waals surface area contributed by atoms with Crippen molar-refractivity contribution in [3.8, 4) is 11.5 Å². The number of rotatable bonds is 10. The number of amides is 1. The maximum atomic E-state index is 12.7. The van der Waals surface area contributed by atoms with Crippen LogP contribution in [0.5, 0.6) is 11.5 Å². The molecule has 0 aliphatic rings. The normalized spacial score (nSPS) is 11.2. The van der Waals surface area contributed by atoms with Crippen LogP contribution >= 0.6 is 0 Å². The van der Waals surface area contributed by atoms with Gasteiger partial charge in [-0.05, 0) is 49.2 Å². The van der Waals surface area contributed by atoms with Crippen molar-refractivity contribution in [1.82, 2.24) is 10.6 Å². The first-order valence-corrected chi connectivity index (χ1v) is 9.91. The molecule has 0 atom stereocenters. The van der Waals surface area contributed by atoms with Crippen molar-refractivity contribution in [2.24, 2.45) is 4.99 Å². The summed E-state index contributed by atoms with van der Waals surface area (Å²) in [6, 6.07) is 12.2. The van der Waals surface area contributed by atoms with Crippen LogP contribution in [0.2, 0.25) is 0 Å². The minimum Gasteiger partial charge on any atom is -0.497 e. The van der Waals surface area contributed by atoms with E-state index >= 15 is 0 Å². The molecule has 0 saturated carbocycles. The third-order valence-electron chi connectivity index (χ3n) is 4.22. The molecular weight excluding hydrogens is 406 g/mol. The lowest BCUT2D eigenvalue weighted by atomic mass is 10.1.